The lowest BCUT2D eigenvalue weighted by molar-refractivity contribution is 0.0893. The Kier molecular flexibility index (Phi) is 6.12. The first-order valence-electron chi connectivity index (χ1n) is 6.18. The average Bonchev–Trinajstić information content (AvgIpc) is 2.38. The molecule has 0 fully saturated rings. The van der Waals surface area contributed by atoms with E-state index in [1.54, 1.807) is 19.2 Å². The van der Waals surface area contributed by atoms with E-state index < -0.39 is 9.84 Å². The first kappa shape index (κ1) is 16.6. The maximum absolute atomic E-state index is 12.1. The zero-order valence-electron chi connectivity index (χ0n) is 11.6. The van der Waals surface area contributed by atoms with Crippen LogP contribution in [-0.4, -0.2) is 46.9 Å². The molecule has 3 N–H and O–H groups in total. The van der Waals surface area contributed by atoms with E-state index in [1.165, 1.54) is 12.1 Å². The van der Waals surface area contributed by atoms with E-state index in [9.17, 15) is 13.2 Å². The van der Waals surface area contributed by atoms with Gasteiger partial charge in [-0.25, -0.2) is 8.42 Å². The molecule has 7 heteroatoms. The number of carbonyl (C=O) groups is 1. The smallest absolute Gasteiger partial charge is 0.251 e. The molecule has 20 heavy (non-hydrogen) atoms. The summed E-state index contributed by atoms with van der Waals surface area (Å²) in [6.07, 6.45) is 1.69. The number of hydrogen-bond acceptors (Lipinski definition) is 5. The van der Waals surface area contributed by atoms with Gasteiger partial charge in [-0.2, -0.15) is 0 Å². The number of methoxy groups -OCH3 is 1. The van der Waals surface area contributed by atoms with Gasteiger partial charge in [0.05, 0.1) is 17.5 Å². The molecule has 0 aliphatic rings. The zero-order valence-corrected chi connectivity index (χ0v) is 12.4. The van der Waals surface area contributed by atoms with Gasteiger partial charge >= 0.3 is 0 Å². The summed E-state index contributed by atoms with van der Waals surface area (Å²) >= 11 is 0. The summed E-state index contributed by atoms with van der Waals surface area (Å²) in [5.41, 5.74) is 5.77. The van der Waals surface area contributed by atoms with Crippen LogP contribution in [0.3, 0.4) is 0 Å². The summed E-state index contributed by atoms with van der Waals surface area (Å²) < 4.78 is 27.9. The highest BCUT2D eigenvalue weighted by Gasteiger charge is 2.15. The van der Waals surface area contributed by atoms with E-state index in [1.807, 2.05) is 0 Å². The van der Waals surface area contributed by atoms with Gasteiger partial charge in [-0.05, 0) is 31.2 Å². The molecule has 0 bridgehead atoms. The van der Waals surface area contributed by atoms with Gasteiger partial charge in [0.25, 0.3) is 5.91 Å². The first-order valence-corrected chi connectivity index (χ1v) is 8.07. The molecule has 1 aromatic carbocycles. The normalized spacial score (nSPS) is 12.9. The fourth-order valence-corrected chi connectivity index (χ4v) is 2.40. The van der Waals surface area contributed by atoms with Crippen LogP contribution in [0.15, 0.2) is 29.2 Å². The zero-order chi connectivity index (χ0) is 15.2. The van der Waals surface area contributed by atoms with Gasteiger partial charge in [-0.1, -0.05) is 6.07 Å². The third-order valence-corrected chi connectivity index (χ3v) is 3.85. The van der Waals surface area contributed by atoms with Crippen molar-refractivity contribution in [3.63, 3.8) is 0 Å². The summed E-state index contributed by atoms with van der Waals surface area (Å²) in [4.78, 5) is 12.2. The highest BCUT2D eigenvalue weighted by Crippen LogP contribution is 2.11. The topological polar surface area (TPSA) is 98.5 Å². The van der Waals surface area contributed by atoms with Crippen molar-refractivity contribution in [3.05, 3.63) is 29.8 Å². The number of nitrogens with one attached hydrogen (secondary N) is 1. The number of amides is 1. The molecule has 1 aromatic rings. The van der Waals surface area contributed by atoms with Crippen molar-refractivity contribution in [2.24, 2.45) is 5.73 Å². The van der Waals surface area contributed by atoms with Crippen LogP contribution in [0, 0.1) is 0 Å². The number of sulfone groups is 1. The Morgan fingerprint density at radius 2 is 2.15 bits per heavy atom. The number of rotatable bonds is 7. The van der Waals surface area contributed by atoms with E-state index in [0.717, 1.165) is 6.26 Å². The van der Waals surface area contributed by atoms with Crippen LogP contribution >= 0.6 is 0 Å². The Labute approximate surface area is 119 Å². The van der Waals surface area contributed by atoms with Crippen molar-refractivity contribution in [1.29, 1.82) is 0 Å². The molecule has 0 saturated heterocycles. The van der Waals surface area contributed by atoms with E-state index in [0.29, 0.717) is 25.1 Å². The molecule has 0 aliphatic carbocycles. The lowest BCUT2D eigenvalue weighted by atomic mass is 10.1. The molecular formula is C13H20N2O4S. The fourth-order valence-electron chi connectivity index (χ4n) is 1.74. The second kappa shape index (κ2) is 7.37. The lowest BCUT2D eigenvalue weighted by Crippen LogP contribution is -2.39. The molecule has 0 aromatic heterocycles. The Morgan fingerprint density at radius 3 is 2.70 bits per heavy atom. The largest absolute Gasteiger partial charge is 0.383 e. The van der Waals surface area contributed by atoms with Crippen LogP contribution in [0.5, 0.6) is 0 Å². The summed E-state index contributed by atoms with van der Waals surface area (Å²) in [6.45, 7) is 0.784. The van der Waals surface area contributed by atoms with Gasteiger partial charge in [0.15, 0.2) is 9.84 Å². The molecule has 0 aliphatic heterocycles. The summed E-state index contributed by atoms with van der Waals surface area (Å²) in [7, 11) is -1.79. The van der Waals surface area contributed by atoms with Crippen LogP contribution < -0.4 is 11.1 Å². The van der Waals surface area contributed by atoms with Gasteiger partial charge < -0.3 is 15.8 Å². The van der Waals surface area contributed by atoms with Gasteiger partial charge in [0.1, 0.15) is 0 Å². The van der Waals surface area contributed by atoms with Crippen LogP contribution in [0.2, 0.25) is 0 Å². The minimum absolute atomic E-state index is 0.118. The van der Waals surface area contributed by atoms with Gasteiger partial charge in [0.2, 0.25) is 0 Å². The van der Waals surface area contributed by atoms with Crippen molar-refractivity contribution in [3.8, 4) is 0 Å². The van der Waals surface area contributed by atoms with Crippen molar-refractivity contribution < 1.29 is 17.9 Å². The van der Waals surface area contributed by atoms with Gasteiger partial charge in [-0.3, -0.25) is 4.79 Å². The number of carbonyl (C=O) groups excluding carboxylic acids is 1. The molecule has 1 amide bonds. The Morgan fingerprint density at radius 1 is 1.45 bits per heavy atom. The average molecular weight is 300 g/mol. The molecule has 112 valence electrons. The molecule has 0 heterocycles. The maximum Gasteiger partial charge on any atom is 0.251 e. The third kappa shape index (κ3) is 4.92. The van der Waals surface area contributed by atoms with Crippen molar-refractivity contribution in [2.75, 3.05) is 26.5 Å². The second-order valence-corrected chi connectivity index (χ2v) is 6.52. The summed E-state index contributed by atoms with van der Waals surface area (Å²) in [5, 5.41) is 2.78. The first-order chi connectivity index (χ1) is 9.38. The van der Waals surface area contributed by atoms with E-state index in [2.05, 4.69) is 5.32 Å². The molecule has 6 nitrogen and oxygen atoms in total. The Balaban J connectivity index is 2.86. The van der Waals surface area contributed by atoms with Gasteiger partial charge in [0, 0.05) is 18.9 Å². The van der Waals surface area contributed by atoms with E-state index in [-0.39, 0.29) is 16.8 Å². The Hall–Kier alpha value is -1.44. The van der Waals surface area contributed by atoms with Crippen LogP contribution in [-0.2, 0) is 14.6 Å². The molecule has 0 saturated carbocycles. The number of nitrogens with two attached hydrogens (primary N) is 1. The predicted octanol–water partition coefficient (Wildman–Crippen LogP) is 0.184. The quantitative estimate of drug-likeness (QED) is 0.748. The third-order valence-electron chi connectivity index (χ3n) is 2.74. The number of benzene rings is 1. The molecular weight excluding hydrogens is 280 g/mol. The minimum Gasteiger partial charge on any atom is -0.383 e. The molecule has 0 spiro atoms. The predicted molar refractivity (Wildman–Crippen MR) is 76.4 cm³/mol. The van der Waals surface area contributed by atoms with Crippen LogP contribution in [0.4, 0.5) is 0 Å². The second-order valence-electron chi connectivity index (χ2n) is 4.50. The highest BCUT2D eigenvalue weighted by atomic mass is 32.2. The van der Waals surface area contributed by atoms with Crippen LogP contribution in [0.25, 0.3) is 0 Å². The molecule has 1 rings (SSSR count). The molecule has 1 atom stereocenters. The van der Waals surface area contributed by atoms with E-state index >= 15 is 0 Å². The van der Waals surface area contributed by atoms with E-state index in [4.69, 9.17) is 10.5 Å². The van der Waals surface area contributed by atoms with Gasteiger partial charge in [-0.15, -0.1) is 0 Å². The standard InChI is InChI=1S/C13H20N2O4S/c1-19-9-11(6-7-14)15-13(16)10-4-3-5-12(8-10)20(2,17)18/h3-5,8,11H,6-7,9,14H2,1-2H3,(H,15,16). The van der Waals surface area contributed by atoms with Crippen molar-refractivity contribution in [1.82, 2.24) is 5.32 Å². The number of hydrogen-bond donors (Lipinski definition) is 2. The van der Waals surface area contributed by atoms with Crippen molar-refractivity contribution in [2.45, 2.75) is 17.4 Å². The maximum atomic E-state index is 12.1. The molecule has 1 unspecified atom stereocenters. The SMILES string of the molecule is COCC(CCN)NC(=O)c1cccc(S(C)(=O)=O)c1. The van der Waals surface area contributed by atoms with Crippen LogP contribution in [0.1, 0.15) is 16.8 Å². The highest BCUT2D eigenvalue weighted by molar-refractivity contribution is 7.90. The van der Waals surface area contributed by atoms with Crippen molar-refractivity contribution >= 4 is 15.7 Å². The summed E-state index contributed by atoms with van der Waals surface area (Å²) in [6, 6.07) is 5.73. The Bertz CT molecular complexity index is 551. The number of ether oxygens (including phenoxy) is 1. The lowest BCUT2D eigenvalue weighted by Gasteiger charge is -2.17. The minimum atomic E-state index is -3.33. The summed E-state index contributed by atoms with van der Waals surface area (Å²) in [5.74, 6) is -0.342. The monoisotopic (exact) mass is 300 g/mol. The fraction of sp³-hybridized carbons (Fsp3) is 0.462. The molecule has 0 radical (unpaired) electrons.